The fourth-order valence-corrected chi connectivity index (χ4v) is 2.39. The summed E-state index contributed by atoms with van der Waals surface area (Å²) in [6.45, 7) is 4.84. The number of nitrogens with one attached hydrogen (secondary N) is 2. The smallest absolute Gasteiger partial charge is 0.221 e. The lowest BCUT2D eigenvalue weighted by atomic mass is 10.3. The van der Waals surface area contributed by atoms with E-state index in [1.165, 1.54) is 4.88 Å². The number of thiazole rings is 1. The van der Waals surface area contributed by atoms with E-state index >= 15 is 0 Å². The number of hydrogen-bond acceptors (Lipinski definition) is 4. The summed E-state index contributed by atoms with van der Waals surface area (Å²) in [6, 6.07) is 0.684. The van der Waals surface area contributed by atoms with Gasteiger partial charge in [0.15, 0.2) is 0 Å². The minimum Gasteiger partial charge on any atom is -0.353 e. The molecule has 1 amide bonds. The predicted octanol–water partition coefficient (Wildman–Crippen LogP) is 1.77. The molecule has 1 aromatic rings. The molecule has 5 heteroatoms. The monoisotopic (exact) mass is 253 g/mol. The molecule has 1 aliphatic rings. The number of carbonyl (C=O) groups excluding carboxylic acids is 1. The third-order valence-electron chi connectivity index (χ3n) is 2.75. The highest BCUT2D eigenvalue weighted by molar-refractivity contribution is 7.11. The molecule has 94 valence electrons. The zero-order chi connectivity index (χ0) is 12.3. The highest BCUT2D eigenvalue weighted by Crippen LogP contribution is 2.19. The molecular formula is C12H19N3OS. The molecule has 0 saturated heterocycles. The van der Waals surface area contributed by atoms with Crippen molar-refractivity contribution in [1.82, 2.24) is 15.6 Å². The first kappa shape index (κ1) is 12.5. The molecule has 1 saturated carbocycles. The molecule has 4 nitrogen and oxygen atoms in total. The van der Waals surface area contributed by atoms with Crippen LogP contribution in [0, 0.1) is 6.92 Å². The third-order valence-corrected chi connectivity index (χ3v) is 3.85. The second-order valence-corrected chi connectivity index (χ2v) is 5.84. The fraction of sp³-hybridized carbons (Fsp3) is 0.667. The van der Waals surface area contributed by atoms with Gasteiger partial charge in [-0.3, -0.25) is 4.79 Å². The molecule has 1 aliphatic carbocycles. The normalized spacial score (nSPS) is 16.8. The van der Waals surface area contributed by atoms with Gasteiger partial charge in [0, 0.05) is 30.1 Å². The lowest BCUT2D eigenvalue weighted by Gasteiger charge is -2.10. The average Bonchev–Trinajstić information content (AvgIpc) is 2.97. The molecule has 2 N–H and O–H groups in total. The molecule has 0 bridgehead atoms. The maximum Gasteiger partial charge on any atom is 0.221 e. The van der Waals surface area contributed by atoms with Crippen molar-refractivity contribution in [1.29, 1.82) is 0 Å². The maximum atomic E-state index is 11.5. The van der Waals surface area contributed by atoms with E-state index in [-0.39, 0.29) is 11.9 Å². The minimum atomic E-state index is 0.155. The lowest BCUT2D eigenvalue weighted by molar-refractivity contribution is -0.121. The largest absolute Gasteiger partial charge is 0.353 e. The van der Waals surface area contributed by atoms with E-state index in [4.69, 9.17) is 0 Å². The van der Waals surface area contributed by atoms with Crippen molar-refractivity contribution in [3.63, 3.8) is 0 Å². The van der Waals surface area contributed by atoms with E-state index < -0.39 is 0 Å². The second-order valence-electron chi connectivity index (χ2n) is 4.58. The Morgan fingerprint density at radius 2 is 2.41 bits per heavy atom. The van der Waals surface area contributed by atoms with Gasteiger partial charge in [-0.05, 0) is 26.7 Å². The van der Waals surface area contributed by atoms with Gasteiger partial charge in [0.05, 0.1) is 6.04 Å². The van der Waals surface area contributed by atoms with Crippen molar-refractivity contribution < 1.29 is 4.79 Å². The van der Waals surface area contributed by atoms with Crippen LogP contribution < -0.4 is 10.6 Å². The van der Waals surface area contributed by atoms with Gasteiger partial charge in [-0.1, -0.05) is 0 Å². The van der Waals surface area contributed by atoms with E-state index in [1.54, 1.807) is 11.3 Å². The summed E-state index contributed by atoms with van der Waals surface area (Å²) in [5.41, 5.74) is 0. The summed E-state index contributed by atoms with van der Waals surface area (Å²) in [5.74, 6) is 0.155. The Morgan fingerprint density at radius 1 is 1.65 bits per heavy atom. The number of aryl methyl sites for hydroxylation is 1. The average molecular weight is 253 g/mol. The Kier molecular flexibility index (Phi) is 4.12. The van der Waals surface area contributed by atoms with Crippen LogP contribution in [-0.4, -0.2) is 23.5 Å². The topological polar surface area (TPSA) is 54.0 Å². The van der Waals surface area contributed by atoms with Crippen molar-refractivity contribution in [3.8, 4) is 0 Å². The van der Waals surface area contributed by atoms with Crippen molar-refractivity contribution in [2.24, 2.45) is 0 Å². The first-order chi connectivity index (χ1) is 8.15. The zero-order valence-corrected chi connectivity index (χ0v) is 11.1. The van der Waals surface area contributed by atoms with Gasteiger partial charge >= 0.3 is 0 Å². The van der Waals surface area contributed by atoms with Gasteiger partial charge in [-0.2, -0.15) is 0 Å². The highest BCUT2D eigenvalue weighted by Gasteiger charge is 2.22. The summed E-state index contributed by atoms with van der Waals surface area (Å²) in [4.78, 5) is 17.0. The Balaban J connectivity index is 1.65. The van der Waals surface area contributed by atoms with E-state index in [1.807, 2.05) is 6.20 Å². The Hall–Kier alpha value is -0.940. The fourth-order valence-electron chi connectivity index (χ4n) is 1.59. The van der Waals surface area contributed by atoms with Gasteiger partial charge < -0.3 is 10.6 Å². The SMILES string of the molecule is Cc1cnc(C(C)NCCC(=O)NC2CC2)s1. The molecule has 1 fully saturated rings. The van der Waals surface area contributed by atoms with E-state index in [0.29, 0.717) is 19.0 Å². The van der Waals surface area contributed by atoms with Gasteiger partial charge in [0.1, 0.15) is 5.01 Å². The molecule has 0 radical (unpaired) electrons. The Morgan fingerprint density at radius 3 is 3.00 bits per heavy atom. The number of nitrogens with zero attached hydrogens (tertiary/aromatic N) is 1. The first-order valence-electron chi connectivity index (χ1n) is 6.10. The van der Waals surface area contributed by atoms with Gasteiger partial charge in [-0.25, -0.2) is 4.98 Å². The van der Waals surface area contributed by atoms with Crippen LogP contribution in [0.3, 0.4) is 0 Å². The number of hydrogen-bond donors (Lipinski definition) is 2. The second kappa shape index (κ2) is 5.60. The highest BCUT2D eigenvalue weighted by atomic mass is 32.1. The first-order valence-corrected chi connectivity index (χ1v) is 6.92. The zero-order valence-electron chi connectivity index (χ0n) is 10.3. The molecule has 0 aliphatic heterocycles. The van der Waals surface area contributed by atoms with Crippen molar-refractivity contribution in [2.75, 3.05) is 6.54 Å². The van der Waals surface area contributed by atoms with Crippen LogP contribution in [0.5, 0.6) is 0 Å². The van der Waals surface area contributed by atoms with Crippen molar-refractivity contribution in [3.05, 3.63) is 16.1 Å². The molecule has 1 aromatic heterocycles. The number of aromatic nitrogens is 1. The van der Waals surface area contributed by atoms with Crippen LogP contribution in [0.1, 0.15) is 42.1 Å². The molecule has 0 spiro atoms. The van der Waals surface area contributed by atoms with Crippen molar-refractivity contribution >= 4 is 17.2 Å². The van der Waals surface area contributed by atoms with Gasteiger partial charge in [0.2, 0.25) is 5.91 Å². The lowest BCUT2D eigenvalue weighted by Crippen LogP contribution is -2.30. The van der Waals surface area contributed by atoms with E-state index in [9.17, 15) is 4.79 Å². The summed E-state index contributed by atoms with van der Waals surface area (Å²) < 4.78 is 0. The standard InChI is InChI=1S/C12H19N3OS/c1-8-7-14-12(17-8)9(2)13-6-5-11(16)15-10-3-4-10/h7,9-10,13H,3-6H2,1-2H3,(H,15,16). The predicted molar refractivity (Wildman–Crippen MR) is 69.1 cm³/mol. The summed E-state index contributed by atoms with van der Waals surface area (Å²) >= 11 is 1.70. The number of rotatable bonds is 6. The quantitative estimate of drug-likeness (QED) is 0.812. The van der Waals surface area contributed by atoms with Crippen LogP contribution in [-0.2, 0) is 4.79 Å². The molecule has 0 aromatic carbocycles. The summed E-state index contributed by atoms with van der Waals surface area (Å²) in [5, 5.41) is 7.39. The third kappa shape index (κ3) is 4.09. The number of amides is 1. The van der Waals surface area contributed by atoms with Crippen LogP contribution in [0.15, 0.2) is 6.20 Å². The van der Waals surface area contributed by atoms with Crippen molar-refractivity contribution in [2.45, 2.75) is 45.2 Å². The molecule has 2 rings (SSSR count). The maximum absolute atomic E-state index is 11.5. The van der Waals surface area contributed by atoms with Crippen LogP contribution >= 0.6 is 11.3 Å². The molecule has 1 unspecified atom stereocenters. The van der Waals surface area contributed by atoms with Gasteiger partial charge in [-0.15, -0.1) is 11.3 Å². The summed E-state index contributed by atoms with van der Waals surface area (Å²) in [7, 11) is 0. The Bertz CT molecular complexity index is 387. The molecule has 1 heterocycles. The van der Waals surface area contributed by atoms with Crippen LogP contribution in [0.2, 0.25) is 0 Å². The molecule has 1 atom stereocenters. The van der Waals surface area contributed by atoms with Crippen LogP contribution in [0.4, 0.5) is 0 Å². The van der Waals surface area contributed by atoms with E-state index in [0.717, 1.165) is 17.8 Å². The summed E-state index contributed by atoms with van der Waals surface area (Å²) in [6.07, 6.45) is 4.73. The molecular weight excluding hydrogens is 234 g/mol. The number of carbonyl (C=O) groups is 1. The van der Waals surface area contributed by atoms with Gasteiger partial charge in [0.25, 0.3) is 0 Å². The molecule has 17 heavy (non-hydrogen) atoms. The minimum absolute atomic E-state index is 0.155. The van der Waals surface area contributed by atoms with E-state index in [2.05, 4.69) is 29.5 Å². The Labute approximate surface area is 106 Å². The van der Waals surface area contributed by atoms with Crippen LogP contribution in [0.25, 0.3) is 0 Å².